The molecular formula is C27H35N3O4. The minimum atomic E-state index is -0.730. The Labute approximate surface area is 201 Å². The maximum absolute atomic E-state index is 13.1. The number of carbonyl (C=O) groups excluding carboxylic acids is 2. The first-order valence-electron chi connectivity index (χ1n) is 12.0. The van der Waals surface area contributed by atoms with Crippen LogP contribution in [-0.4, -0.2) is 53.7 Å². The summed E-state index contributed by atoms with van der Waals surface area (Å²) in [5, 5.41) is 17.0. The van der Waals surface area contributed by atoms with E-state index in [1.54, 1.807) is 12.1 Å². The van der Waals surface area contributed by atoms with Crippen LogP contribution in [0.25, 0.3) is 0 Å². The summed E-state index contributed by atoms with van der Waals surface area (Å²) in [6.07, 6.45) is -0.0201. The summed E-state index contributed by atoms with van der Waals surface area (Å²) in [5.74, 6) is 0.0454. The van der Waals surface area contributed by atoms with Gasteiger partial charge in [0, 0.05) is 37.8 Å². The lowest BCUT2D eigenvalue weighted by molar-refractivity contribution is 0.0719. The highest BCUT2D eigenvalue weighted by Crippen LogP contribution is 2.32. The largest absolute Gasteiger partial charge is 0.493 e. The number of amides is 2. The Bertz CT molecular complexity index is 1080. The van der Waals surface area contributed by atoms with Crippen LogP contribution in [0.3, 0.4) is 0 Å². The van der Waals surface area contributed by atoms with E-state index in [0.717, 1.165) is 5.56 Å². The maximum atomic E-state index is 13.1. The van der Waals surface area contributed by atoms with E-state index in [2.05, 4.69) is 43.5 Å². The van der Waals surface area contributed by atoms with E-state index >= 15 is 0 Å². The minimum Gasteiger partial charge on any atom is -0.493 e. The third-order valence-electron chi connectivity index (χ3n) is 6.34. The number of benzene rings is 2. The second-order valence-corrected chi connectivity index (χ2v) is 10.4. The van der Waals surface area contributed by atoms with Gasteiger partial charge in [0.15, 0.2) is 0 Å². The maximum Gasteiger partial charge on any atom is 0.255 e. The molecule has 2 aliphatic rings. The number of fused-ring (bicyclic) bond motifs is 2. The molecule has 4 rings (SSSR count). The van der Waals surface area contributed by atoms with Crippen molar-refractivity contribution >= 4 is 11.8 Å². The van der Waals surface area contributed by atoms with Crippen molar-refractivity contribution in [2.75, 3.05) is 19.7 Å². The first-order chi connectivity index (χ1) is 16.2. The average Bonchev–Trinajstić information content (AvgIpc) is 3.09. The molecular weight excluding hydrogens is 430 g/mol. The van der Waals surface area contributed by atoms with Crippen LogP contribution in [0.1, 0.15) is 65.1 Å². The molecule has 2 atom stereocenters. The standard InChI is InChI=1S/C27H35N3O4/c1-5-34-24-12-20-19(15-30(26(20)33)16-27(2,3)4)10-21(24)25(32)29-14-23(31)22-11-17-8-6-7-9-18(17)13-28-22/h6-10,12,22-23,28,31H,5,11,13-16H2,1-4H3,(H,29,32)/t22-,23?/m0/s1. The van der Waals surface area contributed by atoms with Crippen LogP contribution in [0.5, 0.6) is 5.75 Å². The summed E-state index contributed by atoms with van der Waals surface area (Å²) >= 11 is 0. The summed E-state index contributed by atoms with van der Waals surface area (Å²) in [4.78, 5) is 27.8. The lowest BCUT2D eigenvalue weighted by atomic mass is 9.93. The molecule has 0 spiro atoms. The summed E-state index contributed by atoms with van der Waals surface area (Å²) in [5.41, 5.74) is 4.25. The molecule has 7 nitrogen and oxygen atoms in total. The van der Waals surface area contributed by atoms with E-state index in [9.17, 15) is 14.7 Å². The Balaban J connectivity index is 1.45. The van der Waals surface area contributed by atoms with Gasteiger partial charge in [0.2, 0.25) is 0 Å². The monoisotopic (exact) mass is 465 g/mol. The Hall–Kier alpha value is -2.90. The zero-order chi connectivity index (χ0) is 24.5. The number of nitrogens with one attached hydrogen (secondary N) is 2. The molecule has 0 radical (unpaired) electrons. The fourth-order valence-corrected chi connectivity index (χ4v) is 4.74. The molecule has 2 amide bonds. The van der Waals surface area contributed by atoms with Crippen molar-refractivity contribution in [3.8, 4) is 5.75 Å². The number of aliphatic hydroxyl groups is 1. The van der Waals surface area contributed by atoms with Crippen LogP contribution in [0.4, 0.5) is 0 Å². The summed E-state index contributed by atoms with van der Waals surface area (Å²) in [6.45, 7) is 10.4. The first-order valence-corrected chi connectivity index (χ1v) is 12.0. The van der Waals surface area contributed by atoms with Gasteiger partial charge in [-0.1, -0.05) is 45.0 Å². The van der Waals surface area contributed by atoms with Crippen molar-refractivity contribution in [1.82, 2.24) is 15.5 Å². The zero-order valence-corrected chi connectivity index (χ0v) is 20.5. The molecule has 7 heteroatoms. The van der Waals surface area contributed by atoms with Crippen LogP contribution < -0.4 is 15.4 Å². The van der Waals surface area contributed by atoms with Gasteiger partial charge < -0.3 is 25.4 Å². The first kappa shape index (κ1) is 24.2. The third-order valence-corrected chi connectivity index (χ3v) is 6.34. The number of carbonyl (C=O) groups is 2. The van der Waals surface area contributed by atoms with Gasteiger partial charge in [-0.2, -0.15) is 0 Å². The highest BCUT2D eigenvalue weighted by atomic mass is 16.5. The Kier molecular flexibility index (Phi) is 6.96. The molecule has 0 fully saturated rings. The van der Waals surface area contributed by atoms with E-state index in [0.29, 0.717) is 49.5 Å². The molecule has 3 N–H and O–H groups in total. The normalized spacial score (nSPS) is 18.3. The summed E-state index contributed by atoms with van der Waals surface area (Å²) < 4.78 is 5.72. The summed E-state index contributed by atoms with van der Waals surface area (Å²) in [7, 11) is 0. The molecule has 0 bridgehead atoms. The topological polar surface area (TPSA) is 90.9 Å². The van der Waals surface area contributed by atoms with Crippen LogP contribution in [0, 0.1) is 5.41 Å². The van der Waals surface area contributed by atoms with Gasteiger partial charge in [-0.05, 0) is 47.6 Å². The van der Waals surface area contributed by atoms with Gasteiger partial charge in [0.25, 0.3) is 11.8 Å². The van der Waals surface area contributed by atoms with E-state index in [1.165, 1.54) is 11.1 Å². The highest BCUT2D eigenvalue weighted by molar-refractivity contribution is 6.03. The molecule has 182 valence electrons. The predicted molar refractivity (Wildman–Crippen MR) is 131 cm³/mol. The fourth-order valence-electron chi connectivity index (χ4n) is 4.74. The van der Waals surface area contributed by atoms with E-state index in [1.807, 2.05) is 24.0 Å². The zero-order valence-electron chi connectivity index (χ0n) is 20.5. The second-order valence-electron chi connectivity index (χ2n) is 10.4. The molecule has 2 aromatic rings. The SMILES string of the molecule is CCOc1cc2c(cc1C(=O)NCC(O)[C@@H]1Cc3ccccc3CN1)CN(CC(C)(C)C)C2=O. The molecule has 2 aliphatic heterocycles. The van der Waals surface area contributed by atoms with Gasteiger partial charge in [-0.25, -0.2) is 0 Å². The molecule has 0 saturated heterocycles. The van der Waals surface area contributed by atoms with Crippen molar-refractivity contribution < 1.29 is 19.4 Å². The number of rotatable bonds is 7. The van der Waals surface area contributed by atoms with E-state index in [4.69, 9.17) is 4.74 Å². The quantitative estimate of drug-likeness (QED) is 0.585. The molecule has 0 aromatic heterocycles. The van der Waals surface area contributed by atoms with Gasteiger partial charge in [-0.3, -0.25) is 9.59 Å². The number of hydrogen-bond donors (Lipinski definition) is 3. The third kappa shape index (κ3) is 5.26. The van der Waals surface area contributed by atoms with Crippen LogP contribution in [0.15, 0.2) is 36.4 Å². The minimum absolute atomic E-state index is 0.0233. The fraction of sp³-hybridized carbons (Fsp3) is 0.481. The number of nitrogens with zero attached hydrogens (tertiary/aromatic N) is 1. The van der Waals surface area contributed by atoms with E-state index < -0.39 is 6.10 Å². The van der Waals surface area contributed by atoms with Crippen LogP contribution in [0.2, 0.25) is 0 Å². The average molecular weight is 466 g/mol. The molecule has 2 heterocycles. The number of hydrogen-bond acceptors (Lipinski definition) is 5. The lowest BCUT2D eigenvalue weighted by Crippen LogP contribution is -2.49. The van der Waals surface area contributed by atoms with Gasteiger partial charge in [0.05, 0.1) is 18.3 Å². The van der Waals surface area contributed by atoms with Crippen molar-refractivity contribution in [3.63, 3.8) is 0 Å². The van der Waals surface area contributed by atoms with E-state index in [-0.39, 0.29) is 29.8 Å². The highest BCUT2D eigenvalue weighted by Gasteiger charge is 2.33. The second kappa shape index (κ2) is 9.76. The predicted octanol–water partition coefficient (Wildman–Crippen LogP) is 2.89. The Morgan fingerprint density at radius 1 is 1.24 bits per heavy atom. The molecule has 2 aromatic carbocycles. The van der Waals surface area contributed by atoms with Crippen molar-refractivity contribution in [1.29, 1.82) is 0 Å². The number of aliphatic hydroxyl groups excluding tert-OH is 1. The van der Waals surface area contributed by atoms with Crippen molar-refractivity contribution in [3.05, 3.63) is 64.2 Å². The Morgan fingerprint density at radius 2 is 1.97 bits per heavy atom. The molecule has 0 saturated carbocycles. The number of ether oxygens (including phenoxy) is 1. The van der Waals surface area contributed by atoms with Crippen LogP contribution in [-0.2, 0) is 19.5 Å². The van der Waals surface area contributed by atoms with Gasteiger partial charge >= 0.3 is 0 Å². The summed E-state index contributed by atoms with van der Waals surface area (Å²) in [6, 6.07) is 11.5. The molecule has 34 heavy (non-hydrogen) atoms. The molecule has 1 unspecified atom stereocenters. The van der Waals surface area contributed by atoms with Gasteiger partial charge in [0.1, 0.15) is 5.75 Å². The lowest BCUT2D eigenvalue weighted by Gasteiger charge is -2.30. The van der Waals surface area contributed by atoms with Gasteiger partial charge in [-0.15, -0.1) is 0 Å². The smallest absolute Gasteiger partial charge is 0.255 e. The molecule has 0 aliphatic carbocycles. The van der Waals surface area contributed by atoms with Crippen molar-refractivity contribution in [2.24, 2.45) is 5.41 Å². The van der Waals surface area contributed by atoms with Crippen LogP contribution >= 0.6 is 0 Å². The Morgan fingerprint density at radius 3 is 2.68 bits per heavy atom. The van der Waals surface area contributed by atoms with Crippen molar-refractivity contribution in [2.45, 2.75) is 59.4 Å².